The van der Waals surface area contributed by atoms with Crippen molar-refractivity contribution in [2.45, 2.75) is 31.6 Å². The molecule has 3 rings (SSSR count). The van der Waals surface area contributed by atoms with Gasteiger partial charge in [-0.25, -0.2) is 4.79 Å². The molecule has 1 aromatic heterocycles. The molecular weight excluding hydrogens is 324 g/mol. The molecular formula is C18H23ClN4O. The predicted octanol–water partition coefficient (Wildman–Crippen LogP) is 3.37. The molecule has 5 nitrogen and oxygen atoms in total. The van der Waals surface area contributed by atoms with Gasteiger partial charge in [-0.15, -0.1) is 0 Å². The minimum atomic E-state index is 0.0247. The van der Waals surface area contributed by atoms with E-state index in [2.05, 4.69) is 34.6 Å². The lowest BCUT2D eigenvalue weighted by Gasteiger charge is -2.39. The third-order valence-corrected chi connectivity index (χ3v) is 5.19. The van der Waals surface area contributed by atoms with E-state index in [4.69, 9.17) is 11.6 Å². The van der Waals surface area contributed by atoms with E-state index >= 15 is 0 Å². The first-order valence-corrected chi connectivity index (χ1v) is 8.71. The summed E-state index contributed by atoms with van der Waals surface area (Å²) in [6.07, 6.45) is 6.35. The maximum Gasteiger partial charge on any atom is 0.317 e. The van der Waals surface area contributed by atoms with Crippen LogP contribution in [0.4, 0.5) is 4.79 Å². The molecule has 1 aliphatic heterocycles. The molecule has 0 bridgehead atoms. The molecule has 2 N–H and O–H groups in total. The van der Waals surface area contributed by atoms with E-state index in [0.717, 1.165) is 42.9 Å². The largest absolute Gasteiger partial charge is 0.338 e. The fourth-order valence-corrected chi connectivity index (χ4v) is 3.31. The van der Waals surface area contributed by atoms with Crippen molar-refractivity contribution in [1.82, 2.24) is 20.4 Å². The van der Waals surface area contributed by atoms with E-state index in [9.17, 15) is 4.79 Å². The van der Waals surface area contributed by atoms with Crippen LogP contribution in [0.25, 0.3) is 0 Å². The highest BCUT2D eigenvalue weighted by atomic mass is 35.5. The highest BCUT2D eigenvalue weighted by Gasteiger charge is 2.33. The highest BCUT2D eigenvalue weighted by Crippen LogP contribution is 2.35. The number of piperidine rings is 1. The summed E-state index contributed by atoms with van der Waals surface area (Å²) in [6.45, 7) is 4.45. The maximum atomic E-state index is 12.3. The Morgan fingerprint density at radius 3 is 2.67 bits per heavy atom. The van der Waals surface area contributed by atoms with Crippen LogP contribution >= 0.6 is 11.6 Å². The number of H-pyrrole nitrogens is 1. The Kier molecular flexibility index (Phi) is 5.09. The number of carbonyl (C=O) groups is 1. The first-order chi connectivity index (χ1) is 11.6. The molecule has 1 fully saturated rings. The molecule has 2 aromatic rings. The molecule has 0 radical (unpaired) electrons. The molecule has 1 saturated heterocycles. The first kappa shape index (κ1) is 16.8. The number of urea groups is 1. The molecule has 0 unspecified atom stereocenters. The van der Waals surface area contributed by atoms with Gasteiger partial charge in [-0.3, -0.25) is 5.10 Å². The van der Waals surface area contributed by atoms with Crippen LogP contribution in [-0.2, 0) is 11.8 Å². The molecule has 1 aromatic carbocycles. The average molecular weight is 347 g/mol. The van der Waals surface area contributed by atoms with E-state index in [0.29, 0.717) is 6.54 Å². The second-order valence-electron chi connectivity index (χ2n) is 6.64. The number of hydrogen-bond acceptors (Lipinski definition) is 2. The molecule has 2 heterocycles. The zero-order valence-electron chi connectivity index (χ0n) is 13.9. The van der Waals surface area contributed by atoms with Crippen molar-refractivity contribution in [3.63, 3.8) is 0 Å². The number of aromatic amines is 1. The van der Waals surface area contributed by atoms with Crippen molar-refractivity contribution in [3.8, 4) is 0 Å². The smallest absolute Gasteiger partial charge is 0.317 e. The van der Waals surface area contributed by atoms with Crippen LogP contribution in [0.3, 0.4) is 0 Å². The number of aromatic nitrogens is 2. The summed E-state index contributed by atoms with van der Waals surface area (Å²) in [5.74, 6) is 0. The zero-order valence-corrected chi connectivity index (χ0v) is 14.6. The monoisotopic (exact) mass is 346 g/mol. The van der Waals surface area contributed by atoms with Gasteiger partial charge in [-0.2, -0.15) is 5.10 Å². The maximum absolute atomic E-state index is 12.3. The van der Waals surface area contributed by atoms with Crippen molar-refractivity contribution in [2.75, 3.05) is 19.6 Å². The van der Waals surface area contributed by atoms with E-state index in [1.165, 1.54) is 5.56 Å². The number of likely N-dealkylation sites (tertiary alicyclic amines) is 1. The van der Waals surface area contributed by atoms with Gasteiger partial charge in [0.15, 0.2) is 0 Å². The number of halogens is 1. The van der Waals surface area contributed by atoms with Gasteiger partial charge in [-0.05, 0) is 47.9 Å². The number of rotatable bonds is 4. The predicted molar refractivity (Wildman–Crippen MR) is 95.3 cm³/mol. The summed E-state index contributed by atoms with van der Waals surface area (Å²) in [6, 6.07) is 8.11. The SMILES string of the molecule is CC1(c2ccc(Cl)cc2)CCN(C(=O)NCCc2cn[nH]c2)CC1. The van der Waals surface area contributed by atoms with Crippen molar-refractivity contribution in [1.29, 1.82) is 0 Å². The van der Waals surface area contributed by atoms with E-state index in [1.807, 2.05) is 23.2 Å². The summed E-state index contributed by atoms with van der Waals surface area (Å²) >= 11 is 5.98. The Hall–Kier alpha value is -2.01. The lowest BCUT2D eigenvalue weighted by Crippen LogP contribution is -2.48. The van der Waals surface area contributed by atoms with Crippen molar-refractivity contribution < 1.29 is 4.79 Å². The van der Waals surface area contributed by atoms with Crippen molar-refractivity contribution in [2.24, 2.45) is 0 Å². The molecule has 128 valence electrons. The Bertz CT molecular complexity index is 661. The Morgan fingerprint density at radius 2 is 2.04 bits per heavy atom. The minimum absolute atomic E-state index is 0.0247. The Labute approximate surface area is 147 Å². The van der Waals surface area contributed by atoms with Gasteiger partial charge in [0.1, 0.15) is 0 Å². The van der Waals surface area contributed by atoms with Crippen LogP contribution in [0.2, 0.25) is 5.02 Å². The summed E-state index contributed by atoms with van der Waals surface area (Å²) in [7, 11) is 0. The zero-order chi connectivity index (χ0) is 17.0. The number of hydrogen-bond donors (Lipinski definition) is 2. The van der Waals surface area contributed by atoms with Gasteiger partial charge in [-0.1, -0.05) is 30.7 Å². The number of carbonyl (C=O) groups excluding carboxylic acids is 1. The van der Waals surface area contributed by atoms with E-state index in [-0.39, 0.29) is 11.4 Å². The molecule has 0 saturated carbocycles. The van der Waals surface area contributed by atoms with Crippen LogP contribution in [0, 0.1) is 0 Å². The van der Waals surface area contributed by atoms with Gasteiger partial charge in [0.2, 0.25) is 0 Å². The normalized spacial score (nSPS) is 16.8. The first-order valence-electron chi connectivity index (χ1n) is 8.33. The Morgan fingerprint density at radius 1 is 1.33 bits per heavy atom. The number of amides is 2. The van der Waals surface area contributed by atoms with E-state index < -0.39 is 0 Å². The fraction of sp³-hybridized carbons (Fsp3) is 0.444. The molecule has 6 heteroatoms. The molecule has 0 atom stereocenters. The third kappa shape index (κ3) is 3.90. The minimum Gasteiger partial charge on any atom is -0.338 e. The lowest BCUT2D eigenvalue weighted by molar-refractivity contribution is 0.163. The van der Waals surface area contributed by atoms with Gasteiger partial charge >= 0.3 is 6.03 Å². The Balaban J connectivity index is 1.48. The standard InChI is InChI=1S/C18H23ClN4O/c1-18(15-2-4-16(19)5-3-15)7-10-23(11-8-18)17(24)20-9-6-14-12-21-22-13-14/h2-5,12-13H,6-11H2,1H3,(H,20,24)(H,21,22). The molecule has 0 aliphatic carbocycles. The molecule has 2 amide bonds. The number of nitrogens with one attached hydrogen (secondary N) is 2. The number of benzene rings is 1. The fourth-order valence-electron chi connectivity index (χ4n) is 3.18. The highest BCUT2D eigenvalue weighted by molar-refractivity contribution is 6.30. The second-order valence-corrected chi connectivity index (χ2v) is 7.08. The van der Waals surface area contributed by atoms with Crippen molar-refractivity contribution in [3.05, 3.63) is 52.8 Å². The van der Waals surface area contributed by atoms with Crippen LogP contribution in [0.5, 0.6) is 0 Å². The van der Waals surface area contributed by atoms with Gasteiger partial charge in [0, 0.05) is 30.9 Å². The average Bonchev–Trinajstić information content (AvgIpc) is 3.09. The van der Waals surface area contributed by atoms with Gasteiger partial charge in [0.25, 0.3) is 0 Å². The third-order valence-electron chi connectivity index (χ3n) is 4.94. The van der Waals surface area contributed by atoms with Gasteiger partial charge < -0.3 is 10.2 Å². The lowest BCUT2D eigenvalue weighted by atomic mass is 9.74. The van der Waals surface area contributed by atoms with Crippen LogP contribution in [0.1, 0.15) is 30.9 Å². The quantitative estimate of drug-likeness (QED) is 0.891. The molecule has 0 spiro atoms. The second kappa shape index (κ2) is 7.26. The topological polar surface area (TPSA) is 61.0 Å². The van der Waals surface area contributed by atoms with Crippen LogP contribution in [0.15, 0.2) is 36.7 Å². The van der Waals surface area contributed by atoms with Crippen LogP contribution < -0.4 is 5.32 Å². The van der Waals surface area contributed by atoms with Gasteiger partial charge in [0.05, 0.1) is 6.20 Å². The van der Waals surface area contributed by atoms with E-state index in [1.54, 1.807) is 6.20 Å². The van der Waals surface area contributed by atoms with Crippen molar-refractivity contribution >= 4 is 17.6 Å². The molecule has 1 aliphatic rings. The summed E-state index contributed by atoms with van der Waals surface area (Å²) < 4.78 is 0. The van der Waals surface area contributed by atoms with Crippen LogP contribution in [-0.4, -0.2) is 40.8 Å². The summed E-state index contributed by atoms with van der Waals surface area (Å²) in [5, 5.41) is 10.4. The summed E-state index contributed by atoms with van der Waals surface area (Å²) in [4.78, 5) is 14.2. The molecule has 24 heavy (non-hydrogen) atoms. The summed E-state index contributed by atoms with van der Waals surface area (Å²) in [5.41, 5.74) is 2.51. The number of nitrogens with zero attached hydrogens (tertiary/aromatic N) is 2.